The third kappa shape index (κ3) is 5.85. The number of amides is 1. The van der Waals surface area contributed by atoms with Crippen molar-refractivity contribution in [2.24, 2.45) is 0 Å². The van der Waals surface area contributed by atoms with Gasteiger partial charge in [-0.3, -0.25) is 19.5 Å². The molecule has 1 heterocycles. The Balaban J connectivity index is 1.55. The summed E-state index contributed by atoms with van der Waals surface area (Å²) < 4.78 is 7.19. The molecule has 3 aromatic carbocycles. The highest BCUT2D eigenvalue weighted by molar-refractivity contribution is 7.99. The monoisotopic (exact) mass is 489 g/mol. The molecule has 0 unspecified atom stereocenters. The van der Waals surface area contributed by atoms with Crippen LogP contribution < -0.4 is 10.1 Å². The number of aryl methyl sites for hydroxylation is 1. The van der Waals surface area contributed by atoms with Gasteiger partial charge < -0.3 is 10.1 Å². The minimum Gasteiger partial charge on any atom is -0.497 e. The van der Waals surface area contributed by atoms with Crippen molar-refractivity contribution in [1.29, 1.82) is 0 Å². The second kappa shape index (κ2) is 10.8. The first-order chi connectivity index (χ1) is 16.9. The molecule has 0 fully saturated rings. The number of nitro groups is 1. The van der Waals surface area contributed by atoms with Gasteiger partial charge in [0, 0.05) is 24.2 Å². The van der Waals surface area contributed by atoms with Gasteiger partial charge in [-0.25, -0.2) is 0 Å². The Labute approximate surface area is 206 Å². The second-order valence-electron chi connectivity index (χ2n) is 7.69. The number of hydrogen-bond acceptors (Lipinski definition) is 7. The van der Waals surface area contributed by atoms with Gasteiger partial charge in [-0.15, -0.1) is 10.2 Å². The number of nitro benzene ring substituents is 1. The largest absolute Gasteiger partial charge is 0.497 e. The van der Waals surface area contributed by atoms with Crippen molar-refractivity contribution in [1.82, 2.24) is 14.8 Å². The van der Waals surface area contributed by atoms with E-state index in [9.17, 15) is 14.9 Å². The average Bonchev–Trinajstić information content (AvgIpc) is 3.26. The lowest BCUT2D eigenvalue weighted by Crippen LogP contribution is -2.15. The third-order valence-electron chi connectivity index (χ3n) is 5.27. The molecule has 0 saturated carbocycles. The lowest BCUT2D eigenvalue weighted by molar-refractivity contribution is -0.384. The molecule has 0 bridgehead atoms. The molecular formula is C25H23N5O4S. The number of ether oxygens (including phenoxy) is 1. The maximum absolute atomic E-state index is 12.7. The van der Waals surface area contributed by atoms with Crippen LogP contribution in [0, 0.1) is 17.0 Å². The molecule has 0 aliphatic heterocycles. The summed E-state index contributed by atoms with van der Waals surface area (Å²) in [5, 5.41) is 23.1. The van der Waals surface area contributed by atoms with E-state index in [1.807, 2.05) is 59.2 Å². The number of nitrogens with one attached hydrogen (secondary N) is 1. The van der Waals surface area contributed by atoms with Gasteiger partial charge >= 0.3 is 0 Å². The maximum Gasteiger partial charge on any atom is 0.271 e. The Morgan fingerprint density at radius 3 is 2.51 bits per heavy atom. The Kier molecular flexibility index (Phi) is 7.41. The SMILES string of the molecule is COc1ccc(-n2c(Cc3ccccc3)nnc2SCC(=O)Nc2cc([N+](=O)[O-])ccc2C)cc1. The van der Waals surface area contributed by atoms with E-state index >= 15 is 0 Å². The van der Waals surface area contributed by atoms with Crippen LogP contribution in [0.25, 0.3) is 5.69 Å². The number of non-ortho nitro benzene ring substituents is 1. The summed E-state index contributed by atoms with van der Waals surface area (Å²) in [5.74, 6) is 1.22. The van der Waals surface area contributed by atoms with Crippen LogP contribution in [0.3, 0.4) is 0 Å². The highest BCUT2D eigenvalue weighted by Gasteiger charge is 2.17. The molecule has 4 rings (SSSR count). The molecule has 1 amide bonds. The Morgan fingerprint density at radius 2 is 1.83 bits per heavy atom. The minimum atomic E-state index is -0.491. The van der Waals surface area contributed by atoms with Crippen LogP contribution in [0.1, 0.15) is 17.0 Å². The van der Waals surface area contributed by atoms with Crippen molar-refractivity contribution in [2.75, 3.05) is 18.2 Å². The Morgan fingerprint density at radius 1 is 1.09 bits per heavy atom. The number of anilines is 1. The first-order valence-corrected chi connectivity index (χ1v) is 11.7. The van der Waals surface area contributed by atoms with Gasteiger partial charge in [-0.2, -0.15) is 0 Å². The van der Waals surface area contributed by atoms with Crippen LogP contribution in [-0.4, -0.2) is 38.5 Å². The molecule has 0 atom stereocenters. The minimum absolute atomic E-state index is 0.0573. The number of hydrogen-bond donors (Lipinski definition) is 1. The van der Waals surface area contributed by atoms with Gasteiger partial charge in [0.1, 0.15) is 11.6 Å². The van der Waals surface area contributed by atoms with Gasteiger partial charge in [0.15, 0.2) is 5.16 Å². The van der Waals surface area contributed by atoms with Gasteiger partial charge in [-0.1, -0.05) is 48.2 Å². The zero-order valence-corrected chi connectivity index (χ0v) is 20.0. The summed E-state index contributed by atoms with van der Waals surface area (Å²) in [5.41, 5.74) is 3.00. The van der Waals surface area contributed by atoms with Crippen molar-refractivity contribution in [3.8, 4) is 11.4 Å². The maximum atomic E-state index is 12.7. The lowest BCUT2D eigenvalue weighted by Gasteiger charge is -2.12. The van der Waals surface area contributed by atoms with E-state index in [4.69, 9.17) is 4.74 Å². The fraction of sp³-hybridized carbons (Fsp3) is 0.160. The number of aromatic nitrogens is 3. The molecule has 0 aliphatic carbocycles. The summed E-state index contributed by atoms with van der Waals surface area (Å²) in [7, 11) is 1.61. The Hall–Kier alpha value is -4.18. The predicted octanol–water partition coefficient (Wildman–Crippen LogP) is 4.81. The van der Waals surface area contributed by atoms with Crippen molar-refractivity contribution in [2.45, 2.75) is 18.5 Å². The van der Waals surface area contributed by atoms with E-state index in [1.54, 1.807) is 20.1 Å². The zero-order chi connectivity index (χ0) is 24.8. The Bertz CT molecular complexity index is 1340. The molecule has 1 N–H and O–H groups in total. The van der Waals surface area contributed by atoms with Crippen molar-refractivity contribution < 1.29 is 14.5 Å². The molecule has 1 aromatic heterocycles. The fourth-order valence-corrected chi connectivity index (χ4v) is 4.22. The summed E-state index contributed by atoms with van der Waals surface area (Å²) in [6, 6.07) is 21.9. The summed E-state index contributed by atoms with van der Waals surface area (Å²) >= 11 is 1.24. The first kappa shape index (κ1) is 24.0. The molecule has 178 valence electrons. The number of carbonyl (C=O) groups is 1. The summed E-state index contributed by atoms with van der Waals surface area (Å²) in [6.07, 6.45) is 0.569. The van der Waals surface area contributed by atoms with Crippen LogP contribution in [0.4, 0.5) is 11.4 Å². The molecule has 0 radical (unpaired) electrons. The van der Waals surface area contributed by atoms with E-state index in [0.29, 0.717) is 17.3 Å². The van der Waals surface area contributed by atoms with Crippen LogP contribution in [0.2, 0.25) is 0 Å². The van der Waals surface area contributed by atoms with E-state index in [2.05, 4.69) is 15.5 Å². The van der Waals surface area contributed by atoms with Crippen molar-refractivity contribution in [3.63, 3.8) is 0 Å². The third-order valence-corrected chi connectivity index (χ3v) is 6.20. The smallest absolute Gasteiger partial charge is 0.271 e. The van der Waals surface area contributed by atoms with Crippen molar-refractivity contribution >= 4 is 29.0 Å². The zero-order valence-electron chi connectivity index (χ0n) is 19.2. The van der Waals surface area contributed by atoms with Crippen LogP contribution >= 0.6 is 11.8 Å². The highest BCUT2D eigenvalue weighted by Crippen LogP contribution is 2.26. The number of rotatable bonds is 9. The molecule has 10 heteroatoms. The normalized spacial score (nSPS) is 10.7. The quantitative estimate of drug-likeness (QED) is 0.204. The van der Waals surface area contributed by atoms with Crippen LogP contribution in [-0.2, 0) is 11.2 Å². The number of methoxy groups -OCH3 is 1. The molecular weight excluding hydrogens is 466 g/mol. The number of nitrogens with zero attached hydrogens (tertiary/aromatic N) is 4. The molecule has 0 spiro atoms. The van der Waals surface area contributed by atoms with Crippen molar-refractivity contribution in [3.05, 3.63) is 99.9 Å². The predicted molar refractivity (Wildman–Crippen MR) is 134 cm³/mol. The van der Waals surface area contributed by atoms with Gasteiger partial charge in [0.05, 0.1) is 23.5 Å². The molecule has 9 nitrogen and oxygen atoms in total. The topological polar surface area (TPSA) is 112 Å². The molecule has 35 heavy (non-hydrogen) atoms. The van der Waals surface area contributed by atoms with Gasteiger partial charge in [0.2, 0.25) is 5.91 Å². The average molecular weight is 490 g/mol. The standard InChI is InChI=1S/C25H23N5O4S/c1-17-8-9-20(30(32)33)15-22(17)26-24(31)16-35-25-28-27-23(14-18-6-4-3-5-7-18)29(25)19-10-12-21(34-2)13-11-19/h3-13,15H,14,16H2,1-2H3,(H,26,31). The number of carbonyl (C=O) groups excluding carboxylic acids is 1. The lowest BCUT2D eigenvalue weighted by atomic mass is 10.1. The highest BCUT2D eigenvalue weighted by atomic mass is 32.2. The summed E-state index contributed by atoms with van der Waals surface area (Å²) in [4.78, 5) is 23.3. The number of thioether (sulfide) groups is 1. The second-order valence-corrected chi connectivity index (χ2v) is 8.63. The number of benzene rings is 3. The fourth-order valence-electron chi connectivity index (χ4n) is 3.45. The van der Waals surface area contributed by atoms with E-state index in [0.717, 1.165) is 28.4 Å². The molecule has 0 saturated heterocycles. The van der Waals surface area contributed by atoms with E-state index in [1.165, 1.54) is 23.9 Å². The summed E-state index contributed by atoms with van der Waals surface area (Å²) in [6.45, 7) is 1.78. The molecule has 4 aromatic rings. The van der Waals surface area contributed by atoms with Crippen LogP contribution in [0.15, 0.2) is 78.0 Å². The van der Waals surface area contributed by atoms with Crippen LogP contribution in [0.5, 0.6) is 5.75 Å². The van der Waals surface area contributed by atoms with Gasteiger partial charge in [0.25, 0.3) is 5.69 Å². The van der Waals surface area contributed by atoms with E-state index < -0.39 is 4.92 Å². The van der Waals surface area contributed by atoms with E-state index in [-0.39, 0.29) is 17.3 Å². The molecule has 0 aliphatic rings. The van der Waals surface area contributed by atoms with Gasteiger partial charge in [-0.05, 0) is 42.3 Å². The first-order valence-electron chi connectivity index (χ1n) is 10.7.